The smallest absolute Gasteiger partial charge is 0.159 e. The Morgan fingerprint density at radius 3 is 0.921 bits per heavy atom. The minimum Gasteiger partial charge on any atom is -0.265 e. The number of pyridine rings is 8. The van der Waals surface area contributed by atoms with Gasteiger partial charge in [0, 0.05) is 101 Å². The van der Waals surface area contributed by atoms with E-state index in [4.69, 9.17) is 0 Å². The molecule has 9 aromatic heterocycles. The van der Waals surface area contributed by atoms with E-state index >= 15 is 0 Å². The largest absolute Gasteiger partial charge is 0.265 e. The Balaban J connectivity index is 0.000000123. The van der Waals surface area contributed by atoms with E-state index < -0.39 is 0 Å². The van der Waals surface area contributed by atoms with Crippen LogP contribution in [0.3, 0.4) is 0 Å². The Morgan fingerprint density at radius 1 is 0.202 bits per heavy atom. The molecule has 89 heavy (non-hydrogen) atoms. The quantitative estimate of drug-likeness (QED) is 0.138. The third-order valence-corrected chi connectivity index (χ3v) is 13.9. The van der Waals surface area contributed by atoms with E-state index in [1.54, 1.807) is 37.2 Å². The third kappa shape index (κ3) is 17.7. The highest BCUT2D eigenvalue weighted by molar-refractivity contribution is 5.74. The van der Waals surface area contributed by atoms with Gasteiger partial charge in [-0.1, -0.05) is 158 Å². The van der Waals surface area contributed by atoms with Crippen LogP contribution in [-0.2, 0) is 0 Å². The molecule has 10 heteroatoms. The van der Waals surface area contributed by atoms with Crippen LogP contribution in [-0.4, -0.2) is 49.8 Å². The van der Waals surface area contributed by atoms with E-state index in [0.717, 1.165) is 84.9 Å². The maximum atomic E-state index is 4.63. The molecule has 0 unspecified atom stereocenters. The van der Waals surface area contributed by atoms with Crippen molar-refractivity contribution in [3.63, 3.8) is 0 Å². The Morgan fingerprint density at radius 2 is 0.539 bits per heavy atom. The van der Waals surface area contributed by atoms with Crippen molar-refractivity contribution in [3.05, 3.63) is 339 Å². The molecule has 0 bridgehead atoms. The summed E-state index contributed by atoms with van der Waals surface area (Å²) in [4.78, 5) is 43.3. The number of aromatic nitrogens is 10. The standard InChI is InChI=1S/C18H15N.3C17H14N2.C10H9N3/c1-14-12-17(15-8-4-2-5-9-15)13-18(19-14)16-10-6-3-7-11-16;1-13-11-15(14-7-3-2-4-8-14)12-17(19-13)16-9-5-6-10-18-16;1-13-10-16(14-6-3-2-4-7-14)11-17(19-13)15-8-5-9-18-12-15;1-13-11-16(14-5-3-2-4-6-14)12-17(19-13)15-7-9-18-10-8-15;1-8-6-12-10(13-7-8)9-2-4-11-5-3-9/h2-13H,1H3;3*2-12H,1H3;2-7H,1H3. The molecule has 5 aromatic carbocycles. The fourth-order valence-corrected chi connectivity index (χ4v) is 9.64. The van der Waals surface area contributed by atoms with Crippen LogP contribution in [0.15, 0.2) is 311 Å². The lowest BCUT2D eigenvalue weighted by Gasteiger charge is -2.07. The first kappa shape index (κ1) is 60.5. The van der Waals surface area contributed by atoms with E-state index in [9.17, 15) is 0 Å². The Labute approximate surface area is 521 Å². The van der Waals surface area contributed by atoms with Gasteiger partial charge in [0.15, 0.2) is 5.82 Å². The first-order valence-electron chi connectivity index (χ1n) is 29.3. The second kappa shape index (κ2) is 31.0. The first-order valence-corrected chi connectivity index (χ1v) is 29.3. The van der Waals surface area contributed by atoms with Crippen molar-refractivity contribution >= 4 is 0 Å². The maximum absolute atomic E-state index is 4.63. The highest BCUT2D eigenvalue weighted by atomic mass is 14.9. The molecule has 0 radical (unpaired) electrons. The molecule has 0 aliphatic rings. The van der Waals surface area contributed by atoms with Crippen LogP contribution < -0.4 is 0 Å². The monoisotopic (exact) mass is 1150 g/mol. The molecule has 9 heterocycles. The molecule has 0 aliphatic heterocycles. The van der Waals surface area contributed by atoms with Crippen molar-refractivity contribution in [3.8, 4) is 101 Å². The minimum absolute atomic E-state index is 0.744. The molecular weight excluding hydrogens is 1090 g/mol. The van der Waals surface area contributed by atoms with Crippen LogP contribution in [0.2, 0.25) is 0 Å². The number of hydrogen-bond acceptors (Lipinski definition) is 10. The molecule has 0 atom stereocenters. The van der Waals surface area contributed by atoms with Crippen molar-refractivity contribution in [1.29, 1.82) is 0 Å². The van der Waals surface area contributed by atoms with Gasteiger partial charge in [-0.3, -0.25) is 39.9 Å². The highest BCUT2D eigenvalue weighted by Crippen LogP contribution is 2.29. The molecule has 0 saturated heterocycles. The zero-order valence-electron chi connectivity index (χ0n) is 50.4. The van der Waals surface area contributed by atoms with E-state index in [1.165, 1.54) is 44.5 Å². The summed E-state index contributed by atoms with van der Waals surface area (Å²) < 4.78 is 0. The normalized spacial score (nSPS) is 10.3. The summed E-state index contributed by atoms with van der Waals surface area (Å²) >= 11 is 0. The summed E-state index contributed by atoms with van der Waals surface area (Å²) in [5.41, 5.74) is 23.9. The second-order valence-electron chi connectivity index (χ2n) is 20.9. The van der Waals surface area contributed by atoms with Crippen LogP contribution in [0.1, 0.15) is 28.3 Å². The van der Waals surface area contributed by atoms with Crippen molar-refractivity contribution in [1.82, 2.24) is 49.8 Å². The summed E-state index contributed by atoms with van der Waals surface area (Å²) in [6, 6.07) is 86.3. The molecule has 14 rings (SSSR count). The third-order valence-electron chi connectivity index (χ3n) is 13.9. The van der Waals surface area contributed by atoms with Crippen molar-refractivity contribution in [2.75, 3.05) is 0 Å². The van der Waals surface area contributed by atoms with E-state index in [2.05, 4.69) is 195 Å². The molecule has 0 amide bonds. The fraction of sp³-hybridized carbons (Fsp3) is 0.0633. The molecule has 0 saturated carbocycles. The predicted molar refractivity (Wildman–Crippen MR) is 363 cm³/mol. The molecule has 0 fully saturated rings. The van der Waals surface area contributed by atoms with Gasteiger partial charge in [0.25, 0.3) is 0 Å². The molecule has 14 aromatic rings. The summed E-state index contributed by atoms with van der Waals surface area (Å²) in [7, 11) is 0. The first-order chi connectivity index (χ1) is 43.7. The zero-order chi connectivity index (χ0) is 61.4. The molecule has 0 aliphatic carbocycles. The van der Waals surface area contributed by atoms with Gasteiger partial charge in [0.2, 0.25) is 0 Å². The Hall–Kier alpha value is -11.6. The van der Waals surface area contributed by atoms with Gasteiger partial charge in [-0.2, -0.15) is 0 Å². The summed E-state index contributed by atoms with van der Waals surface area (Å²) in [6.45, 7) is 10.1. The van der Waals surface area contributed by atoms with Crippen molar-refractivity contribution in [2.24, 2.45) is 0 Å². The Kier molecular flexibility index (Phi) is 21.1. The van der Waals surface area contributed by atoms with E-state index in [1.807, 2.05) is 162 Å². The van der Waals surface area contributed by atoms with Gasteiger partial charge in [-0.15, -0.1) is 0 Å². The minimum atomic E-state index is 0.744. The zero-order valence-corrected chi connectivity index (χ0v) is 50.4. The number of nitrogens with zero attached hydrogens (tertiary/aromatic N) is 10. The Bertz CT molecular complexity index is 3690. The lowest BCUT2D eigenvalue weighted by molar-refractivity contribution is 1.13. The van der Waals surface area contributed by atoms with Gasteiger partial charge < -0.3 is 0 Å². The lowest BCUT2D eigenvalue weighted by Crippen LogP contribution is -1.91. The van der Waals surface area contributed by atoms with Gasteiger partial charge in [0.05, 0.1) is 28.5 Å². The number of aryl methyl sites for hydroxylation is 5. The van der Waals surface area contributed by atoms with Crippen LogP contribution in [0.5, 0.6) is 0 Å². The van der Waals surface area contributed by atoms with Crippen LogP contribution in [0.4, 0.5) is 0 Å². The van der Waals surface area contributed by atoms with Crippen LogP contribution in [0, 0.1) is 34.6 Å². The van der Waals surface area contributed by atoms with E-state index in [-0.39, 0.29) is 0 Å². The highest BCUT2D eigenvalue weighted by Gasteiger charge is 2.09. The van der Waals surface area contributed by atoms with Gasteiger partial charge in [-0.05, 0) is 182 Å². The van der Waals surface area contributed by atoms with Gasteiger partial charge in [-0.25, -0.2) is 9.97 Å². The summed E-state index contributed by atoms with van der Waals surface area (Å²) in [5, 5.41) is 0. The molecule has 0 N–H and O–H groups in total. The molecule has 10 nitrogen and oxygen atoms in total. The molecule has 0 spiro atoms. The topological polar surface area (TPSA) is 129 Å². The SMILES string of the molecule is Cc1cc(-c2ccccc2)cc(-c2ccccc2)n1.Cc1cc(-c2ccccc2)cc(-c2ccccn2)n1.Cc1cc(-c2ccccc2)cc(-c2cccnc2)n1.Cc1cc(-c2ccccc2)cc(-c2ccncc2)n1.Cc1cnc(-c2ccncc2)nc1. The van der Waals surface area contributed by atoms with Gasteiger partial charge in [0.1, 0.15) is 0 Å². The second-order valence-corrected chi connectivity index (χ2v) is 20.9. The predicted octanol–water partition coefficient (Wildman–Crippen LogP) is 18.9. The summed E-state index contributed by atoms with van der Waals surface area (Å²) in [6.07, 6.45) is 16.1. The van der Waals surface area contributed by atoms with Crippen molar-refractivity contribution < 1.29 is 0 Å². The van der Waals surface area contributed by atoms with E-state index in [0.29, 0.717) is 0 Å². The molecular formula is C79H66N10. The van der Waals surface area contributed by atoms with Crippen LogP contribution >= 0.6 is 0 Å². The van der Waals surface area contributed by atoms with Crippen molar-refractivity contribution in [2.45, 2.75) is 34.6 Å². The average Bonchev–Trinajstić information content (AvgIpc) is 3.72. The fourth-order valence-electron chi connectivity index (χ4n) is 9.64. The number of benzene rings is 5. The van der Waals surface area contributed by atoms with Gasteiger partial charge >= 0.3 is 0 Å². The van der Waals surface area contributed by atoms with Crippen LogP contribution in [0.25, 0.3) is 101 Å². The lowest BCUT2D eigenvalue weighted by atomic mass is 10.0. The summed E-state index contributed by atoms with van der Waals surface area (Å²) in [5.74, 6) is 0.744. The number of hydrogen-bond donors (Lipinski definition) is 0. The maximum Gasteiger partial charge on any atom is 0.159 e. The average molecular weight is 1160 g/mol. The number of rotatable bonds is 9. The molecule has 432 valence electrons.